The highest BCUT2D eigenvalue weighted by Gasteiger charge is 2.35. The molecule has 2 aromatic carbocycles. The second kappa shape index (κ2) is 19.4. The number of nitrogens with zero attached hydrogens (tertiary/aromatic N) is 11. The second-order valence-corrected chi connectivity index (χ2v) is 19.3. The maximum atomic E-state index is 13.1. The Bertz CT molecular complexity index is 2890. The molecule has 4 aromatic heterocycles. The minimum atomic E-state index is -0.213. The van der Waals surface area contributed by atoms with Gasteiger partial charge in [-0.1, -0.05) is 29.8 Å². The molecule has 8 heterocycles. The van der Waals surface area contributed by atoms with E-state index in [1.807, 2.05) is 23.4 Å². The zero-order valence-corrected chi connectivity index (χ0v) is 39.5. The molecule has 5 aliphatic rings. The summed E-state index contributed by atoms with van der Waals surface area (Å²) in [4.78, 5) is 44.5. The van der Waals surface area contributed by atoms with Gasteiger partial charge in [-0.2, -0.15) is 10.4 Å². The predicted molar refractivity (Wildman–Crippen MR) is 262 cm³/mol. The van der Waals surface area contributed by atoms with Gasteiger partial charge in [-0.05, 0) is 86.4 Å². The lowest BCUT2D eigenvalue weighted by Gasteiger charge is -2.48. The van der Waals surface area contributed by atoms with E-state index in [4.69, 9.17) is 41.4 Å². The molecule has 11 rings (SSSR count). The van der Waals surface area contributed by atoms with Crippen LogP contribution in [-0.2, 0) is 22.5 Å². The highest BCUT2D eigenvalue weighted by atomic mass is 35.5. The van der Waals surface area contributed by atoms with Crippen molar-refractivity contribution in [3.05, 3.63) is 107 Å². The van der Waals surface area contributed by atoms with Crippen molar-refractivity contribution in [3.63, 3.8) is 0 Å². The Morgan fingerprint density at radius 2 is 1.65 bits per heavy atom. The minimum absolute atomic E-state index is 0.0269. The number of rotatable bonds is 10. The largest absolute Gasteiger partial charge is 0.490 e. The predicted octanol–water partition coefficient (Wildman–Crippen LogP) is 6.86. The monoisotopic (exact) mass is 946 g/mol. The molecule has 0 bridgehead atoms. The van der Waals surface area contributed by atoms with Gasteiger partial charge in [-0.3, -0.25) is 24.2 Å². The molecule has 1 N–H and O–H groups in total. The van der Waals surface area contributed by atoms with Gasteiger partial charge in [-0.25, -0.2) is 4.98 Å². The molecule has 4 fully saturated rings. The normalized spacial score (nSPS) is 20.3. The molecule has 2 amide bonds. The summed E-state index contributed by atoms with van der Waals surface area (Å²) in [6.45, 7) is 9.77. The lowest BCUT2D eigenvalue weighted by atomic mass is 9.93. The molecule has 17 heteroatoms. The van der Waals surface area contributed by atoms with Crippen molar-refractivity contribution < 1.29 is 19.1 Å². The summed E-state index contributed by atoms with van der Waals surface area (Å²) in [5.74, 6) is 2.27. The number of halogens is 1. The number of nitriles is 1. The first kappa shape index (κ1) is 44.8. The Morgan fingerprint density at radius 1 is 0.841 bits per heavy atom. The van der Waals surface area contributed by atoms with E-state index in [1.54, 1.807) is 31.2 Å². The molecule has 0 unspecified atom stereocenters. The fourth-order valence-electron chi connectivity index (χ4n) is 10.7. The molecule has 354 valence electrons. The number of fused-ring (bicyclic) bond motifs is 2. The molecule has 3 saturated heterocycles. The quantitative estimate of drug-likeness (QED) is 0.151. The Kier molecular flexibility index (Phi) is 12.6. The van der Waals surface area contributed by atoms with Gasteiger partial charge in [0.1, 0.15) is 17.6 Å². The molecule has 0 spiro atoms. The second-order valence-electron chi connectivity index (χ2n) is 18.9. The standard InChI is InChI=1S/C52H55ClN12O4/c1-33(66)63-18-15-48-44(32-63)51(60-65(48)38-16-23-68-24-17-38)42-4-2-3-34-25-47(55-29-43(34)42)36-6-13-49(56-28-36)64-30-39(31-64)61-19-21-62(22-20-61)50-14-12-46(58-59-50)52(67)57-37-7-10-40(11-8-37)69-41-9-5-35(27-54)45(53)26-41/h2-6,9,12-14,25-26,28-29,37-40H,7-8,10-11,15-24,30-32H2,1H3,(H,57,67). The number of carbonyl (C=O) groups excluding carboxylic acids is 2. The van der Waals surface area contributed by atoms with Crippen LogP contribution in [0.3, 0.4) is 0 Å². The molecule has 4 aliphatic heterocycles. The van der Waals surface area contributed by atoms with Crippen molar-refractivity contribution >= 4 is 45.8 Å². The number of benzene rings is 2. The van der Waals surface area contributed by atoms with E-state index in [2.05, 4.69) is 77.4 Å². The van der Waals surface area contributed by atoms with Crippen LogP contribution in [0.2, 0.25) is 5.02 Å². The third kappa shape index (κ3) is 9.30. The number of hydrogen-bond donors (Lipinski definition) is 1. The first-order valence-corrected chi connectivity index (χ1v) is 24.7. The van der Waals surface area contributed by atoms with Gasteiger partial charge >= 0.3 is 0 Å². The van der Waals surface area contributed by atoms with Gasteiger partial charge in [0.2, 0.25) is 5.91 Å². The summed E-state index contributed by atoms with van der Waals surface area (Å²) in [5.41, 5.74) is 6.93. The minimum Gasteiger partial charge on any atom is -0.490 e. The van der Waals surface area contributed by atoms with Crippen LogP contribution in [0.15, 0.2) is 79.1 Å². The lowest BCUT2D eigenvalue weighted by molar-refractivity contribution is -0.129. The Balaban J connectivity index is 0.658. The third-order valence-corrected chi connectivity index (χ3v) is 15.0. The molecular formula is C52H55ClN12O4. The maximum Gasteiger partial charge on any atom is 0.272 e. The molecule has 6 aromatic rings. The van der Waals surface area contributed by atoms with Crippen LogP contribution in [0.1, 0.15) is 78.8 Å². The molecule has 0 radical (unpaired) electrons. The number of carbonyl (C=O) groups is 2. The van der Waals surface area contributed by atoms with Gasteiger partial charge in [0.15, 0.2) is 11.5 Å². The van der Waals surface area contributed by atoms with Gasteiger partial charge < -0.3 is 29.5 Å². The van der Waals surface area contributed by atoms with Gasteiger partial charge in [0, 0.05) is 137 Å². The number of ether oxygens (including phenoxy) is 2. The van der Waals surface area contributed by atoms with E-state index < -0.39 is 0 Å². The maximum absolute atomic E-state index is 13.1. The average molecular weight is 948 g/mol. The van der Waals surface area contributed by atoms with Crippen LogP contribution in [-0.4, -0.2) is 129 Å². The fourth-order valence-corrected chi connectivity index (χ4v) is 10.9. The zero-order chi connectivity index (χ0) is 47.0. The highest BCUT2D eigenvalue weighted by Crippen LogP contribution is 2.38. The summed E-state index contributed by atoms with van der Waals surface area (Å²) in [6, 6.07) is 24.3. The van der Waals surface area contributed by atoms with E-state index >= 15 is 0 Å². The summed E-state index contributed by atoms with van der Waals surface area (Å²) < 4.78 is 14.0. The van der Waals surface area contributed by atoms with Crippen LogP contribution in [0, 0.1) is 11.3 Å². The third-order valence-electron chi connectivity index (χ3n) is 14.7. The first-order chi connectivity index (χ1) is 33.7. The SMILES string of the molecule is CC(=O)N1CCc2c(c(-c3cccc4cc(-c5ccc(N6CC(N7CCN(c8ccc(C(=O)NC9CCC(Oc%10ccc(C#N)c(Cl)c%10)CC9)nn8)CC7)C6)nc5)ncc34)nn2C2CCOCC2)C1. The average Bonchev–Trinajstić information content (AvgIpc) is 3.76. The van der Waals surface area contributed by atoms with Gasteiger partial charge in [0.05, 0.1) is 34.1 Å². The smallest absolute Gasteiger partial charge is 0.272 e. The van der Waals surface area contributed by atoms with Gasteiger partial charge in [0.25, 0.3) is 5.91 Å². The van der Waals surface area contributed by atoms with E-state index in [0.717, 1.165) is 148 Å². The first-order valence-electron chi connectivity index (χ1n) is 24.3. The number of piperazine rings is 1. The van der Waals surface area contributed by atoms with Crippen LogP contribution < -0.4 is 19.9 Å². The summed E-state index contributed by atoms with van der Waals surface area (Å²) in [7, 11) is 0. The number of amides is 2. The van der Waals surface area contributed by atoms with Crippen LogP contribution in [0.5, 0.6) is 5.75 Å². The number of anilines is 2. The van der Waals surface area contributed by atoms with E-state index in [0.29, 0.717) is 47.2 Å². The van der Waals surface area contributed by atoms with E-state index in [-0.39, 0.29) is 24.0 Å². The Morgan fingerprint density at radius 3 is 2.38 bits per heavy atom. The zero-order valence-electron chi connectivity index (χ0n) is 38.8. The van der Waals surface area contributed by atoms with Crippen LogP contribution in [0.4, 0.5) is 11.6 Å². The van der Waals surface area contributed by atoms with Crippen molar-refractivity contribution in [2.24, 2.45) is 0 Å². The summed E-state index contributed by atoms with van der Waals surface area (Å²) in [6.07, 6.45) is 9.78. The van der Waals surface area contributed by atoms with Crippen LogP contribution in [0.25, 0.3) is 33.3 Å². The molecular weight excluding hydrogens is 892 g/mol. The Hall–Kier alpha value is -6.67. The van der Waals surface area contributed by atoms with Crippen molar-refractivity contribution in [2.75, 3.05) is 68.8 Å². The van der Waals surface area contributed by atoms with Gasteiger partial charge in [-0.15, -0.1) is 10.2 Å². The van der Waals surface area contributed by atoms with E-state index in [9.17, 15) is 9.59 Å². The van der Waals surface area contributed by atoms with Crippen molar-refractivity contribution in [3.8, 4) is 34.3 Å². The number of nitrogens with one attached hydrogen (secondary N) is 1. The van der Waals surface area contributed by atoms with Crippen molar-refractivity contribution in [1.82, 2.24) is 45.1 Å². The molecule has 69 heavy (non-hydrogen) atoms. The van der Waals surface area contributed by atoms with E-state index in [1.165, 1.54) is 5.69 Å². The topological polar surface area (TPSA) is 171 Å². The highest BCUT2D eigenvalue weighted by molar-refractivity contribution is 6.31. The molecule has 16 nitrogen and oxygen atoms in total. The number of pyridine rings is 2. The van der Waals surface area contributed by atoms with Crippen molar-refractivity contribution in [2.45, 2.75) is 82.6 Å². The van der Waals surface area contributed by atoms with Crippen molar-refractivity contribution in [1.29, 1.82) is 5.26 Å². The molecule has 0 atom stereocenters. The van der Waals surface area contributed by atoms with Crippen LogP contribution >= 0.6 is 11.6 Å². The fraction of sp³-hybridized carbons (Fsp3) is 0.423. The number of aromatic nitrogens is 6. The number of hydrogen-bond acceptors (Lipinski definition) is 13. The Labute approximate surface area is 406 Å². The summed E-state index contributed by atoms with van der Waals surface area (Å²) >= 11 is 6.17. The lowest BCUT2D eigenvalue weighted by Crippen LogP contribution is -2.63. The summed E-state index contributed by atoms with van der Waals surface area (Å²) in [5, 5.41) is 28.8. The molecule has 1 aliphatic carbocycles. The molecule has 1 saturated carbocycles.